The van der Waals surface area contributed by atoms with Crippen molar-refractivity contribution in [1.29, 1.82) is 0 Å². The Morgan fingerprint density at radius 2 is 1.80 bits per heavy atom. The van der Waals surface area contributed by atoms with Crippen molar-refractivity contribution in [3.63, 3.8) is 0 Å². The minimum Gasteiger partial charge on any atom is -0.295 e. The molecule has 0 unspecified atom stereocenters. The molecule has 1 saturated heterocycles. The fourth-order valence-corrected chi connectivity index (χ4v) is 6.76. The average Bonchev–Trinajstić information content (AvgIpc) is 3.47. The summed E-state index contributed by atoms with van der Waals surface area (Å²) in [6.07, 6.45) is 1.33. The first-order chi connectivity index (χ1) is 16.4. The van der Waals surface area contributed by atoms with E-state index in [1.54, 1.807) is 7.05 Å². The number of nitrogens with zero attached hydrogens (tertiary/aromatic N) is 5. The molecule has 2 aliphatic rings. The maximum absolute atomic E-state index is 12.9. The highest BCUT2D eigenvalue weighted by Crippen LogP contribution is 2.40. The van der Waals surface area contributed by atoms with Gasteiger partial charge >= 0.3 is 6.18 Å². The van der Waals surface area contributed by atoms with Crippen molar-refractivity contribution >= 4 is 27.4 Å². The molecule has 8 nitrogen and oxygen atoms in total. The molecule has 1 aliphatic heterocycles. The second-order valence-corrected chi connectivity index (χ2v) is 11.5. The van der Waals surface area contributed by atoms with Gasteiger partial charge in [0.05, 0.1) is 16.8 Å². The summed E-state index contributed by atoms with van der Waals surface area (Å²) in [6, 6.07) is 2.81. The molecule has 2 heterocycles. The van der Waals surface area contributed by atoms with Crippen molar-refractivity contribution in [2.75, 3.05) is 26.2 Å². The number of rotatable bonds is 7. The molecule has 1 aromatic heterocycles. The molecule has 0 spiro atoms. The van der Waals surface area contributed by atoms with E-state index < -0.39 is 21.8 Å². The number of aromatic nitrogens is 3. The van der Waals surface area contributed by atoms with Crippen molar-refractivity contribution in [2.24, 2.45) is 7.05 Å². The number of halogens is 4. The number of carbonyl (C=O) groups is 1. The lowest BCUT2D eigenvalue weighted by Crippen LogP contribution is -2.57. The first-order valence-corrected chi connectivity index (χ1v) is 13.3. The number of sulfonamides is 1. The summed E-state index contributed by atoms with van der Waals surface area (Å²) in [5, 5.41) is 7.16. The SMILES string of the molecule is Cn1cc(S(=O)(=O)N2CCN(C3(CCC(=O)c4ccc(C(F)(F)F)cc4Cl)CCCC3)CC2)nn1. The van der Waals surface area contributed by atoms with E-state index in [1.807, 2.05) is 0 Å². The Kier molecular flexibility index (Phi) is 7.29. The van der Waals surface area contributed by atoms with Gasteiger partial charge in [-0.05, 0) is 37.5 Å². The van der Waals surface area contributed by atoms with Gasteiger partial charge in [0.1, 0.15) is 0 Å². The number of aryl methyl sites for hydroxylation is 1. The van der Waals surface area contributed by atoms with Crippen molar-refractivity contribution in [3.05, 3.63) is 40.5 Å². The zero-order chi connectivity index (χ0) is 25.4. The smallest absolute Gasteiger partial charge is 0.295 e. The second-order valence-electron chi connectivity index (χ2n) is 9.17. The van der Waals surface area contributed by atoms with Gasteiger partial charge in [-0.3, -0.25) is 14.4 Å². The Balaban J connectivity index is 1.41. The van der Waals surface area contributed by atoms with Gasteiger partial charge in [-0.15, -0.1) is 5.10 Å². The third-order valence-electron chi connectivity index (χ3n) is 7.04. The van der Waals surface area contributed by atoms with Crippen LogP contribution in [0.15, 0.2) is 29.4 Å². The summed E-state index contributed by atoms with van der Waals surface area (Å²) in [5.41, 5.74) is -1.04. The lowest BCUT2D eigenvalue weighted by atomic mass is 9.87. The number of Topliss-reactive ketones (excluding diaryl/α,β-unsaturated/α-hetero) is 1. The highest BCUT2D eigenvalue weighted by molar-refractivity contribution is 7.89. The van der Waals surface area contributed by atoms with Gasteiger partial charge in [-0.2, -0.15) is 17.5 Å². The summed E-state index contributed by atoms with van der Waals surface area (Å²) in [4.78, 5) is 15.1. The Hall–Kier alpha value is -2.02. The van der Waals surface area contributed by atoms with E-state index in [4.69, 9.17) is 11.6 Å². The summed E-state index contributed by atoms with van der Waals surface area (Å²) in [7, 11) is -2.12. The Labute approximate surface area is 207 Å². The predicted octanol–water partition coefficient (Wildman–Crippen LogP) is 3.77. The average molecular weight is 534 g/mol. The van der Waals surface area contributed by atoms with Crippen LogP contribution in [-0.2, 0) is 23.2 Å². The molecular weight excluding hydrogens is 507 g/mol. The Morgan fingerprint density at radius 1 is 1.14 bits per heavy atom. The largest absolute Gasteiger partial charge is 0.416 e. The van der Waals surface area contributed by atoms with E-state index in [0.717, 1.165) is 43.9 Å². The van der Waals surface area contributed by atoms with E-state index in [1.165, 1.54) is 15.2 Å². The minimum atomic E-state index is -4.53. The van der Waals surface area contributed by atoms with Gasteiger partial charge in [0.15, 0.2) is 5.78 Å². The van der Waals surface area contributed by atoms with Crippen LogP contribution in [0.4, 0.5) is 13.2 Å². The molecule has 35 heavy (non-hydrogen) atoms. The van der Waals surface area contributed by atoms with Crippen molar-refractivity contribution in [2.45, 2.75) is 55.3 Å². The number of carbonyl (C=O) groups excluding carboxylic acids is 1. The van der Waals surface area contributed by atoms with Crippen LogP contribution in [0.5, 0.6) is 0 Å². The molecule has 0 amide bonds. The summed E-state index contributed by atoms with van der Waals surface area (Å²) in [5.74, 6) is -0.293. The van der Waals surface area contributed by atoms with Crippen LogP contribution in [0.25, 0.3) is 0 Å². The van der Waals surface area contributed by atoms with Gasteiger partial charge < -0.3 is 0 Å². The van der Waals surface area contributed by atoms with E-state index in [2.05, 4.69) is 15.2 Å². The molecule has 4 rings (SSSR count). The molecule has 0 N–H and O–H groups in total. The predicted molar refractivity (Wildman–Crippen MR) is 123 cm³/mol. The lowest BCUT2D eigenvalue weighted by molar-refractivity contribution is -0.137. The van der Waals surface area contributed by atoms with E-state index >= 15 is 0 Å². The molecule has 13 heteroatoms. The summed E-state index contributed by atoms with van der Waals surface area (Å²) < 4.78 is 67.2. The zero-order valence-corrected chi connectivity index (χ0v) is 20.8. The van der Waals surface area contributed by atoms with Gasteiger partial charge in [0, 0.05) is 50.7 Å². The van der Waals surface area contributed by atoms with Crippen LogP contribution in [0.1, 0.15) is 54.4 Å². The summed E-state index contributed by atoms with van der Waals surface area (Å²) >= 11 is 6.02. The standard InChI is InChI=1S/C22H27ClF3N5O3S/c1-29-15-20(27-28-29)35(33,34)31-12-10-30(11-13-31)21(7-2-3-8-21)9-6-19(32)17-5-4-16(14-18(17)23)22(24,25)26/h4-5,14-15H,2-3,6-13H2,1H3. The molecule has 1 saturated carbocycles. The van der Waals surface area contributed by atoms with Crippen molar-refractivity contribution in [1.82, 2.24) is 24.2 Å². The normalized spacial score (nSPS) is 19.8. The quantitative estimate of drug-likeness (QED) is 0.503. The van der Waals surface area contributed by atoms with Crippen LogP contribution >= 0.6 is 11.6 Å². The number of alkyl halides is 3. The molecule has 1 aromatic carbocycles. The maximum Gasteiger partial charge on any atom is 0.416 e. The molecule has 2 fully saturated rings. The zero-order valence-electron chi connectivity index (χ0n) is 19.3. The first-order valence-electron chi connectivity index (χ1n) is 11.4. The molecule has 0 radical (unpaired) electrons. The second kappa shape index (κ2) is 9.79. The molecular formula is C22H27ClF3N5O3S. The molecule has 1 aliphatic carbocycles. The lowest BCUT2D eigenvalue weighted by Gasteiger charge is -2.45. The number of piperazine rings is 1. The molecule has 192 valence electrons. The third kappa shape index (κ3) is 5.40. The van der Waals surface area contributed by atoms with Gasteiger partial charge in [-0.25, -0.2) is 8.42 Å². The van der Waals surface area contributed by atoms with E-state index in [0.29, 0.717) is 32.6 Å². The third-order valence-corrected chi connectivity index (χ3v) is 9.12. The fourth-order valence-electron chi connectivity index (χ4n) is 5.14. The van der Waals surface area contributed by atoms with Crippen molar-refractivity contribution < 1.29 is 26.4 Å². The van der Waals surface area contributed by atoms with Crippen LogP contribution in [0, 0.1) is 0 Å². The highest BCUT2D eigenvalue weighted by atomic mass is 35.5. The first kappa shape index (κ1) is 26.1. The molecule has 0 atom stereocenters. The number of hydrogen-bond donors (Lipinski definition) is 0. The van der Waals surface area contributed by atoms with Crippen LogP contribution < -0.4 is 0 Å². The Morgan fingerprint density at radius 3 is 2.34 bits per heavy atom. The van der Waals surface area contributed by atoms with Gasteiger partial charge in [-0.1, -0.05) is 29.7 Å². The topological polar surface area (TPSA) is 88.4 Å². The van der Waals surface area contributed by atoms with Gasteiger partial charge in [0.25, 0.3) is 10.0 Å². The maximum atomic E-state index is 12.9. The van der Waals surface area contributed by atoms with Crippen LogP contribution in [0.3, 0.4) is 0 Å². The minimum absolute atomic E-state index is 0.0805. The van der Waals surface area contributed by atoms with Crippen molar-refractivity contribution in [3.8, 4) is 0 Å². The van der Waals surface area contributed by atoms with E-state index in [9.17, 15) is 26.4 Å². The summed E-state index contributed by atoms with van der Waals surface area (Å²) in [6.45, 7) is 1.65. The van der Waals surface area contributed by atoms with Gasteiger partial charge in [0.2, 0.25) is 5.03 Å². The van der Waals surface area contributed by atoms with Crippen LogP contribution in [-0.4, -0.2) is 70.1 Å². The van der Waals surface area contributed by atoms with E-state index in [-0.39, 0.29) is 33.4 Å². The molecule has 0 bridgehead atoms. The highest BCUT2D eigenvalue weighted by Gasteiger charge is 2.42. The number of hydrogen-bond acceptors (Lipinski definition) is 6. The molecule has 2 aromatic rings. The van der Waals surface area contributed by atoms with Crippen LogP contribution in [0.2, 0.25) is 5.02 Å². The monoisotopic (exact) mass is 533 g/mol. The number of ketones is 1. The number of benzene rings is 1. The fraction of sp³-hybridized carbons (Fsp3) is 0.591. The Bertz CT molecular complexity index is 1190.